The minimum atomic E-state index is -0.210. The number of rotatable bonds is 5. The van der Waals surface area contributed by atoms with Crippen molar-refractivity contribution in [3.63, 3.8) is 0 Å². The second kappa shape index (κ2) is 8.35. The van der Waals surface area contributed by atoms with E-state index >= 15 is 0 Å². The maximum atomic E-state index is 12.4. The topological polar surface area (TPSA) is 51.2 Å². The Morgan fingerprint density at radius 1 is 1.10 bits per heavy atom. The maximum Gasteiger partial charge on any atom is 0.262 e. The highest BCUT2D eigenvalue weighted by Crippen LogP contribution is 2.32. The van der Waals surface area contributed by atoms with Crippen molar-refractivity contribution in [3.8, 4) is 16.3 Å². The van der Waals surface area contributed by atoms with Crippen molar-refractivity contribution in [1.29, 1.82) is 0 Å². The molecule has 0 fully saturated rings. The largest absolute Gasteiger partial charge is 0.482 e. The number of benzene rings is 3. The zero-order valence-electron chi connectivity index (χ0n) is 16.0. The van der Waals surface area contributed by atoms with Crippen LogP contribution in [0.3, 0.4) is 0 Å². The van der Waals surface area contributed by atoms with E-state index in [0.717, 1.165) is 42.1 Å². The molecule has 1 heterocycles. The fraction of sp³-hybridized carbons (Fsp3) is 0.130. The van der Waals surface area contributed by atoms with Gasteiger partial charge in [0.1, 0.15) is 10.8 Å². The Morgan fingerprint density at radius 3 is 2.72 bits per heavy atom. The lowest BCUT2D eigenvalue weighted by atomic mass is 10.1. The molecule has 3 aromatic carbocycles. The molecule has 0 atom stereocenters. The van der Waals surface area contributed by atoms with Crippen molar-refractivity contribution in [2.75, 3.05) is 11.9 Å². The molecule has 0 bridgehead atoms. The van der Waals surface area contributed by atoms with Gasteiger partial charge >= 0.3 is 0 Å². The molecule has 0 spiro atoms. The van der Waals surface area contributed by atoms with E-state index < -0.39 is 0 Å². The molecule has 0 radical (unpaired) electrons. The number of ether oxygens (including phenoxy) is 1. The third kappa shape index (κ3) is 4.49. The SMILES string of the molecule is Cc1cc(C)c(OCC(=O)Nc2cccc(-c3nc4ccccc4s3)c2)c(Br)c1. The van der Waals surface area contributed by atoms with Gasteiger partial charge < -0.3 is 10.1 Å². The molecule has 4 nitrogen and oxygen atoms in total. The van der Waals surface area contributed by atoms with Crippen LogP contribution in [0.2, 0.25) is 0 Å². The number of amides is 1. The standard InChI is InChI=1S/C23H19BrN2O2S/c1-14-10-15(2)22(18(24)11-14)28-13-21(27)25-17-7-5-6-16(12-17)23-26-19-8-3-4-9-20(19)29-23/h3-12H,13H2,1-2H3,(H,25,27). The number of hydrogen-bond acceptors (Lipinski definition) is 4. The molecule has 0 aliphatic carbocycles. The third-order valence-electron chi connectivity index (χ3n) is 4.41. The number of para-hydroxylation sites is 1. The highest BCUT2D eigenvalue weighted by atomic mass is 79.9. The van der Waals surface area contributed by atoms with Crippen LogP contribution in [-0.4, -0.2) is 17.5 Å². The molecule has 0 aliphatic rings. The fourth-order valence-electron chi connectivity index (χ4n) is 3.15. The Morgan fingerprint density at radius 2 is 1.93 bits per heavy atom. The Balaban J connectivity index is 1.46. The van der Waals surface area contributed by atoms with Crippen molar-refractivity contribution in [3.05, 3.63) is 76.3 Å². The number of halogens is 1. The Hall–Kier alpha value is -2.70. The Labute approximate surface area is 181 Å². The van der Waals surface area contributed by atoms with Gasteiger partial charge in [-0.15, -0.1) is 11.3 Å². The van der Waals surface area contributed by atoms with E-state index in [2.05, 4.69) is 32.3 Å². The van der Waals surface area contributed by atoms with Crippen LogP contribution in [0.15, 0.2) is 65.1 Å². The average Bonchev–Trinajstić information content (AvgIpc) is 3.11. The quantitative estimate of drug-likeness (QED) is 0.372. The molecule has 1 aromatic heterocycles. The Bertz CT molecular complexity index is 1150. The molecule has 0 saturated carbocycles. The highest BCUT2D eigenvalue weighted by Gasteiger charge is 2.11. The van der Waals surface area contributed by atoms with Crippen LogP contribution in [0.4, 0.5) is 5.69 Å². The van der Waals surface area contributed by atoms with E-state index in [-0.39, 0.29) is 12.5 Å². The van der Waals surface area contributed by atoms with Gasteiger partial charge in [0.15, 0.2) is 6.61 Å². The van der Waals surface area contributed by atoms with Crippen LogP contribution in [0.5, 0.6) is 5.75 Å². The van der Waals surface area contributed by atoms with Crippen molar-refractivity contribution >= 4 is 49.1 Å². The molecule has 0 unspecified atom stereocenters. The molecule has 4 rings (SSSR count). The number of nitrogens with one attached hydrogen (secondary N) is 1. The summed E-state index contributed by atoms with van der Waals surface area (Å²) < 4.78 is 7.73. The van der Waals surface area contributed by atoms with Gasteiger partial charge in [-0.25, -0.2) is 4.98 Å². The summed E-state index contributed by atoms with van der Waals surface area (Å²) in [4.78, 5) is 17.1. The number of nitrogens with zero attached hydrogens (tertiary/aromatic N) is 1. The van der Waals surface area contributed by atoms with Crippen molar-refractivity contribution in [1.82, 2.24) is 4.98 Å². The summed E-state index contributed by atoms with van der Waals surface area (Å²) in [6, 6.07) is 19.8. The van der Waals surface area contributed by atoms with Gasteiger partial charge in [0, 0.05) is 11.3 Å². The van der Waals surface area contributed by atoms with E-state index in [1.165, 1.54) is 0 Å². The number of aromatic nitrogens is 1. The first kappa shape index (κ1) is 19.6. The van der Waals surface area contributed by atoms with Crippen LogP contribution < -0.4 is 10.1 Å². The molecule has 6 heteroatoms. The molecule has 0 aliphatic heterocycles. The van der Waals surface area contributed by atoms with E-state index in [0.29, 0.717) is 5.75 Å². The van der Waals surface area contributed by atoms with Crippen LogP contribution in [0.1, 0.15) is 11.1 Å². The zero-order valence-corrected chi connectivity index (χ0v) is 18.4. The monoisotopic (exact) mass is 466 g/mol. The highest BCUT2D eigenvalue weighted by molar-refractivity contribution is 9.10. The van der Waals surface area contributed by atoms with E-state index in [4.69, 9.17) is 4.74 Å². The second-order valence-corrected chi connectivity index (χ2v) is 8.68. The molecular formula is C23H19BrN2O2S. The first-order valence-electron chi connectivity index (χ1n) is 9.15. The lowest BCUT2D eigenvalue weighted by molar-refractivity contribution is -0.118. The lowest BCUT2D eigenvalue weighted by Crippen LogP contribution is -2.20. The zero-order chi connectivity index (χ0) is 20.4. The van der Waals surface area contributed by atoms with Crippen LogP contribution in [-0.2, 0) is 4.79 Å². The number of anilines is 1. The first-order chi connectivity index (χ1) is 14.0. The summed E-state index contributed by atoms with van der Waals surface area (Å²) in [6.45, 7) is 3.92. The van der Waals surface area contributed by atoms with Crippen LogP contribution in [0, 0.1) is 13.8 Å². The fourth-order valence-corrected chi connectivity index (χ4v) is 4.90. The molecule has 146 valence electrons. The normalized spacial score (nSPS) is 10.9. The van der Waals surface area contributed by atoms with E-state index in [1.54, 1.807) is 11.3 Å². The third-order valence-corrected chi connectivity index (χ3v) is 6.08. The van der Waals surface area contributed by atoms with Crippen LogP contribution >= 0.6 is 27.3 Å². The van der Waals surface area contributed by atoms with Crippen molar-refractivity contribution in [2.24, 2.45) is 0 Å². The lowest BCUT2D eigenvalue weighted by Gasteiger charge is -2.12. The van der Waals surface area contributed by atoms with Gasteiger partial charge in [0.05, 0.1) is 14.7 Å². The summed E-state index contributed by atoms with van der Waals surface area (Å²) in [5.41, 5.74) is 4.80. The summed E-state index contributed by atoms with van der Waals surface area (Å²) in [7, 11) is 0. The minimum Gasteiger partial charge on any atom is -0.482 e. The summed E-state index contributed by atoms with van der Waals surface area (Å²) in [5, 5.41) is 3.83. The van der Waals surface area contributed by atoms with Gasteiger partial charge in [-0.05, 0) is 71.2 Å². The molecule has 4 aromatic rings. The molecule has 0 saturated heterocycles. The summed E-state index contributed by atoms with van der Waals surface area (Å²) in [6.07, 6.45) is 0. The number of thiazole rings is 1. The van der Waals surface area contributed by atoms with E-state index in [9.17, 15) is 4.79 Å². The number of aryl methyl sites for hydroxylation is 2. The summed E-state index contributed by atoms with van der Waals surface area (Å²) >= 11 is 5.14. The van der Waals surface area contributed by atoms with Crippen molar-refractivity contribution in [2.45, 2.75) is 13.8 Å². The average molecular weight is 467 g/mol. The summed E-state index contributed by atoms with van der Waals surface area (Å²) in [5.74, 6) is 0.479. The maximum absolute atomic E-state index is 12.4. The number of hydrogen-bond donors (Lipinski definition) is 1. The van der Waals surface area contributed by atoms with Gasteiger partial charge in [-0.3, -0.25) is 4.79 Å². The predicted molar refractivity (Wildman–Crippen MR) is 123 cm³/mol. The minimum absolute atomic E-state index is 0.0616. The molecule has 1 N–H and O–H groups in total. The van der Waals surface area contributed by atoms with Gasteiger partial charge in [0.25, 0.3) is 5.91 Å². The van der Waals surface area contributed by atoms with Crippen LogP contribution in [0.25, 0.3) is 20.8 Å². The van der Waals surface area contributed by atoms with Gasteiger partial charge in [-0.1, -0.05) is 30.3 Å². The van der Waals surface area contributed by atoms with Gasteiger partial charge in [-0.2, -0.15) is 0 Å². The van der Waals surface area contributed by atoms with Crippen molar-refractivity contribution < 1.29 is 9.53 Å². The predicted octanol–water partition coefficient (Wildman–Crippen LogP) is 6.36. The first-order valence-corrected chi connectivity index (χ1v) is 10.8. The van der Waals surface area contributed by atoms with Gasteiger partial charge in [0.2, 0.25) is 0 Å². The number of carbonyl (C=O) groups excluding carboxylic acids is 1. The molecule has 1 amide bonds. The van der Waals surface area contributed by atoms with E-state index in [1.807, 2.05) is 68.4 Å². The number of fused-ring (bicyclic) bond motifs is 1. The Kier molecular flexibility index (Phi) is 5.65. The molecular weight excluding hydrogens is 448 g/mol. The smallest absolute Gasteiger partial charge is 0.262 e. The molecule has 29 heavy (non-hydrogen) atoms. The number of carbonyl (C=O) groups is 1. The second-order valence-electron chi connectivity index (χ2n) is 6.80.